The van der Waals surface area contributed by atoms with Crippen molar-refractivity contribution in [3.63, 3.8) is 0 Å². The summed E-state index contributed by atoms with van der Waals surface area (Å²) in [7, 11) is 0. The van der Waals surface area contributed by atoms with Crippen LogP contribution in [-0.2, 0) is 9.63 Å². The second-order valence-corrected chi connectivity index (χ2v) is 4.67. The van der Waals surface area contributed by atoms with Crippen molar-refractivity contribution < 1.29 is 14.4 Å². The third-order valence-corrected chi connectivity index (χ3v) is 3.19. The van der Waals surface area contributed by atoms with Gasteiger partial charge >= 0.3 is 5.97 Å². The molecule has 0 amide bonds. The van der Waals surface area contributed by atoms with Crippen LogP contribution in [0.3, 0.4) is 0 Å². The molecule has 0 fully saturated rings. The Morgan fingerprint density at radius 1 is 1.10 bits per heavy atom. The van der Waals surface area contributed by atoms with E-state index in [0.717, 1.165) is 11.1 Å². The standard InChI is InChI=1S/C16H15NO3/c1-10-5-4-6-13(9-10)16(19)20-17-14-7-8-15(18)12(3)11(14)2/h4-9H,1-3H3/b17-14+. The lowest BCUT2D eigenvalue weighted by Gasteiger charge is -2.09. The summed E-state index contributed by atoms with van der Waals surface area (Å²) in [6.45, 7) is 5.39. The zero-order valence-electron chi connectivity index (χ0n) is 11.6. The van der Waals surface area contributed by atoms with Crippen LogP contribution >= 0.6 is 0 Å². The molecule has 4 nitrogen and oxygen atoms in total. The highest BCUT2D eigenvalue weighted by Crippen LogP contribution is 2.14. The number of allylic oxidation sites excluding steroid dienone is 4. The van der Waals surface area contributed by atoms with Gasteiger partial charge in [-0.2, -0.15) is 0 Å². The van der Waals surface area contributed by atoms with Gasteiger partial charge in [0, 0.05) is 5.57 Å². The normalized spacial score (nSPS) is 16.8. The first kappa shape index (κ1) is 13.9. The van der Waals surface area contributed by atoms with Crippen molar-refractivity contribution in [3.8, 4) is 0 Å². The third-order valence-electron chi connectivity index (χ3n) is 3.19. The first-order chi connectivity index (χ1) is 9.49. The third kappa shape index (κ3) is 2.91. The molecule has 0 unspecified atom stereocenters. The molecule has 4 heteroatoms. The Kier molecular flexibility index (Phi) is 3.94. The highest BCUT2D eigenvalue weighted by molar-refractivity contribution is 6.21. The molecule has 1 aliphatic rings. The van der Waals surface area contributed by atoms with Gasteiger partial charge in [-0.15, -0.1) is 0 Å². The molecule has 0 aliphatic heterocycles. The van der Waals surface area contributed by atoms with Crippen molar-refractivity contribution in [1.29, 1.82) is 0 Å². The van der Waals surface area contributed by atoms with Gasteiger partial charge < -0.3 is 4.84 Å². The number of rotatable bonds is 2. The van der Waals surface area contributed by atoms with Crippen molar-refractivity contribution in [2.24, 2.45) is 5.16 Å². The molecule has 0 spiro atoms. The molecule has 2 rings (SSSR count). The van der Waals surface area contributed by atoms with Gasteiger partial charge in [0.05, 0.1) is 5.56 Å². The fourth-order valence-electron chi connectivity index (χ4n) is 1.80. The van der Waals surface area contributed by atoms with Crippen molar-refractivity contribution in [1.82, 2.24) is 0 Å². The lowest BCUT2D eigenvalue weighted by Crippen LogP contribution is -2.12. The monoisotopic (exact) mass is 269 g/mol. The topological polar surface area (TPSA) is 55.7 Å². The van der Waals surface area contributed by atoms with E-state index in [2.05, 4.69) is 5.16 Å². The molecular formula is C16H15NO3. The summed E-state index contributed by atoms with van der Waals surface area (Å²) >= 11 is 0. The van der Waals surface area contributed by atoms with Crippen LogP contribution in [0.4, 0.5) is 0 Å². The van der Waals surface area contributed by atoms with Gasteiger partial charge in [0.15, 0.2) is 5.78 Å². The lowest BCUT2D eigenvalue weighted by molar-refractivity contribution is -0.111. The van der Waals surface area contributed by atoms with E-state index < -0.39 is 5.97 Å². The molecule has 1 aromatic carbocycles. The maximum atomic E-state index is 11.9. The van der Waals surface area contributed by atoms with Crippen LogP contribution in [0.15, 0.2) is 52.7 Å². The maximum Gasteiger partial charge on any atom is 0.365 e. The van der Waals surface area contributed by atoms with Crippen LogP contribution in [0.2, 0.25) is 0 Å². The predicted octanol–water partition coefficient (Wildman–Crippen LogP) is 2.98. The Bertz CT molecular complexity index is 666. The number of carbonyl (C=O) groups is 2. The van der Waals surface area contributed by atoms with Crippen molar-refractivity contribution in [2.45, 2.75) is 20.8 Å². The summed E-state index contributed by atoms with van der Waals surface area (Å²) in [5.41, 5.74) is 3.24. The molecule has 1 aliphatic carbocycles. The smallest absolute Gasteiger partial charge is 0.312 e. The van der Waals surface area contributed by atoms with Crippen molar-refractivity contribution in [3.05, 3.63) is 58.7 Å². The quantitative estimate of drug-likeness (QED) is 0.471. The Morgan fingerprint density at radius 2 is 1.85 bits per heavy atom. The highest BCUT2D eigenvalue weighted by Gasteiger charge is 2.15. The molecule has 0 heterocycles. The molecule has 0 bridgehead atoms. The van der Waals surface area contributed by atoms with Crippen LogP contribution in [-0.4, -0.2) is 17.5 Å². The van der Waals surface area contributed by atoms with E-state index in [0.29, 0.717) is 16.8 Å². The average molecular weight is 269 g/mol. The molecular weight excluding hydrogens is 254 g/mol. The van der Waals surface area contributed by atoms with E-state index in [-0.39, 0.29) is 5.78 Å². The summed E-state index contributed by atoms with van der Waals surface area (Å²) in [6, 6.07) is 7.09. The van der Waals surface area contributed by atoms with Crippen LogP contribution < -0.4 is 0 Å². The van der Waals surface area contributed by atoms with E-state index in [4.69, 9.17) is 4.84 Å². The largest absolute Gasteiger partial charge is 0.365 e. The van der Waals surface area contributed by atoms with Gasteiger partial charge in [-0.1, -0.05) is 22.9 Å². The molecule has 20 heavy (non-hydrogen) atoms. The number of aryl methyl sites for hydroxylation is 1. The van der Waals surface area contributed by atoms with Gasteiger partial charge in [-0.05, 0) is 50.6 Å². The first-order valence-corrected chi connectivity index (χ1v) is 6.25. The zero-order valence-corrected chi connectivity index (χ0v) is 11.6. The maximum absolute atomic E-state index is 11.9. The minimum Gasteiger partial charge on any atom is -0.312 e. The van der Waals surface area contributed by atoms with Gasteiger partial charge in [0.1, 0.15) is 5.71 Å². The van der Waals surface area contributed by atoms with E-state index in [1.165, 1.54) is 6.08 Å². The molecule has 0 aromatic heterocycles. The van der Waals surface area contributed by atoms with Gasteiger partial charge in [0.25, 0.3) is 0 Å². The number of carbonyl (C=O) groups excluding carboxylic acids is 2. The van der Waals surface area contributed by atoms with E-state index in [1.54, 1.807) is 38.1 Å². The number of ketones is 1. The second kappa shape index (κ2) is 5.65. The SMILES string of the molecule is CC1=C(C)/C(=N/OC(=O)c2cccc(C)c2)C=CC1=O. The average Bonchev–Trinajstić information content (AvgIpc) is 2.44. The van der Waals surface area contributed by atoms with Crippen LogP contribution in [0.5, 0.6) is 0 Å². The Hall–Kier alpha value is -2.49. The fourth-order valence-corrected chi connectivity index (χ4v) is 1.80. The molecule has 102 valence electrons. The van der Waals surface area contributed by atoms with Gasteiger partial charge in [0.2, 0.25) is 0 Å². The van der Waals surface area contributed by atoms with E-state index in [1.807, 2.05) is 13.0 Å². The second-order valence-electron chi connectivity index (χ2n) is 4.67. The summed E-state index contributed by atoms with van der Waals surface area (Å²) in [6.07, 6.45) is 2.97. The number of hydrogen-bond donors (Lipinski definition) is 0. The lowest BCUT2D eigenvalue weighted by atomic mass is 9.97. The Labute approximate surface area is 117 Å². The number of benzene rings is 1. The minimum atomic E-state index is -0.517. The summed E-state index contributed by atoms with van der Waals surface area (Å²) in [5, 5.41) is 3.83. The van der Waals surface area contributed by atoms with E-state index >= 15 is 0 Å². The van der Waals surface area contributed by atoms with Gasteiger partial charge in [-0.25, -0.2) is 4.79 Å². The zero-order chi connectivity index (χ0) is 14.7. The number of oxime groups is 1. The van der Waals surface area contributed by atoms with E-state index in [9.17, 15) is 9.59 Å². The molecule has 0 N–H and O–H groups in total. The molecule has 0 atom stereocenters. The van der Waals surface area contributed by atoms with Crippen molar-refractivity contribution >= 4 is 17.5 Å². The van der Waals surface area contributed by atoms with Crippen LogP contribution in [0.1, 0.15) is 29.8 Å². The molecule has 0 radical (unpaired) electrons. The minimum absolute atomic E-state index is 0.0496. The van der Waals surface area contributed by atoms with Crippen molar-refractivity contribution in [2.75, 3.05) is 0 Å². The molecule has 0 saturated carbocycles. The highest BCUT2D eigenvalue weighted by atomic mass is 16.7. The Morgan fingerprint density at radius 3 is 2.55 bits per heavy atom. The first-order valence-electron chi connectivity index (χ1n) is 6.25. The Balaban J connectivity index is 2.16. The number of hydrogen-bond acceptors (Lipinski definition) is 4. The fraction of sp³-hybridized carbons (Fsp3) is 0.188. The number of nitrogens with zero attached hydrogens (tertiary/aromatic N) is 1. The summed E-state index contributed by atoms with van der Waals surface area (Å²) < 4.78 is 0. The summed E-state index contributed by atoms with van der Waals surface area (Å²) in [4.78, 5) is 28.2. The predicted molar refractivity (Wildman–Crippen MR) is 76.6 cm³/mol. The molecule has 1 aromatic rings. The summed E-state index contributed by atoms with van der Waals surface area (Å²) in [5.74, 6) is -0.566. The molecule has 0 saturated heterocycles. The van der Waals surface area contributed by atoms with Gasteiger partial charge in [-0.3, -0.25) is 4.79 Å². The van der Waals surface area contributed by atoms with Crippen LogP contribution in [0.25, 0.3) is 0 Å². The van der Waals surface area contributed by atoms with Crippen LogP contribution in [0, 0.1) is 6.92 Å².